The molecule has 1 aromatic rings. The van der Waals surface area contributed by atoms with E-state index < -0.39 is 35.2 Å². The van der Waals surface area contributed by atoms with Crippen LogP contribution in [0.5, 0.6) is 23.0 Å². The van der Waals surface area contributed by atoms with Gasteiger partial charge in [-0.1, -0.05) is 0 Å². The van der Waals surface area contributed by atoms with Gasteiger partial charge in [0.05, 0.1) is 33.4 Å². The van der Waals surface area contributed by atoms with Crippen LogP contribution >= 0.6 is 0 Å². The maximum atomic E-state index is 12.6. The minimum Gasteiger partial charge on any atom is -0.493 e. The molecule has 0 unspecified atom stereocenters. The van der Waals surface area contributed by atoms with Gasteiger partial charge in [0.15, 0.2) is 17.4 Å². The van der Waals surface area contributed by atoms with E-state index in [0.29, 0.717) is 0 Å². The zero-order valence-corrected chi connectivity index (χ0v) is 16.6. The van der Waals surface area contributed by atoms with Gasteiger partial charge in [-0.2, -0.15) is 0 Å². The van der Waals surface area contributed by atoms with Crippen molar-refractivity contribution in [1.29, 1.82) is 0 Å². The van der Waals surface area contributed by atoms with Crippen molar-refractivity contribution in [3.63, 3.8) is 0 Å². The summed E-state index contributed by atoms with van der Waals surface area (Å²) < 4.78 is 31.4. The molecule has 2 rings (SSSR count). The van der Waals surface area contributed by atoms with Crippen molar-refractivity contribution in [2.24, 2.45) is 5.92 Å². The van der Waals surface area contributed by atoms with Crippen LogP contribution in [0.3, 0.4) is 0 Å². The molecule has 0 aliphatic carbocycles. The molecule has 1 aromatic carbocycles. The molecule has 0 N–H and O–H groups in total. The third-order valence-corrected chi connectivity index (χ3v) is 4.24. The zero-order valence-electron chi connectivity index (χ0n) is 16.6. The van der Waals surface area contributed by atoms with Crippen LogP contribution in [0.4, 0.5) is 0 Å². The topological polar surface area (TPSA) is 133 Å². The summed E-state index contributed by atoms with van der Waals surface area (Å²) in [5.74, 6) is -3.97. The zero-order chi connectivity index (χ0) is 21.6. The van der Waals surface area contributed by atoms with E-state index in [1.165, 1.54) is 20.3 Å². The Balaban J connectivity index is 2.68. The van der Waals surface area contributed by atoms with Crippen LogP contribution in [0.25, 0.3) is 0 Å². The van der Waals surface area contributed by atoms with E-state index in [4.69, 9.17) is 28.4 Å². The Bertz CT molecular complexity index is 760. The number of nitro groups is 1. The third kappa shape index (κ3) is 4.61. The second-order valence-corrected chi connectivity index (χ2v) is 5.87. The number of carbonyl (C=O) groups excluding carboxylic acids is 2. The fourth-order valence-corrected chi connectivity index (χ4v) is 3.10. The molecule has 0 bridgehead atoms. The van der Waals surface area contributed by atoms with Gasteiger partial charge in [0.1, 0.15) is 0 Å². The molecular weight excluding hydrogens is 390 g/mol. The summed E-state index contributed by atoms with van der Waals surface area (Å²) in [5, 5.41) is 11.4. The number of rotatable bonds is 10. The molecule has 1 atom stereocenters. The molecule has 0 aromatic heterocycles. The number of hydrogen-bond acceptors (Lipinski definition) is 10. The number of benzene rings is 1. The molecule has 0 amide bonds. The lowest BCUT2D eigenvalue weighted by Gasteiger charge is -2.24. The van der Waals surface area contributed by atoms with Crippen molar-refractivity contribution < 1.29 is 42.9 Å². The number of ether oxygens (including phenoxy) is 6. The highest BCUT2D eigenvalue weighted by Crippen LogP contribution is 2.52. The number of carbonyl (C=O) groups is 2. The molecule has 0 spiro atoms. The monoisotopic (exact) mass is 413 g/mol. The molecule has 0 saturated carbocycles. The highest BCUT2D eigenvalue weighted by atomic mass is 16.7. The Hall–Kier alpha value is -3.24. The first kappa shape index (κ1) is 22.1. The van der Waals surface area contributed by atoms with E-state index in [0.717, 1.165) is 0 Å². The first-order valence-corrected chi connectivity index (χ1v) is 8.88. The molecule has 29 heavy (non-hydrogen) atoms. The molecule has 160 valence electrons. The maximum absolute atomic E-state index is 12.6. The van der Waals surface area contributed by atoms with Crippen molar-refractivity contribution in [3.8, 4) is 23.0 Å². The van der Waals surface area contributed by atoms with Gasteiger partial charge in [0, 0.05) is 10.5 Å². The van der Waals surface area contributed by atoms with Gasteiger partial charge < -0.3 is 28.4 Å². The SMILES string of the molecule is CCOC(=O)C(C(=O)OCC)[C@@H](C[N+](=O)[O-])c1cc(OC)c2c(c1OC)OCO2. The maximum Gasteiger partial charge on any atom is 0.321 e. The van der Waals surface area contributed by atoms with Crippen LogP contribution in [0.15, 0.2) is 6.07 Å². The number of nitrogens with zero attached hydrogens (tertiary/aromatic N) is 1. The van der Waals surface area contributed by atoms with E-state index >= 15 is 0 Å². The lowest BCUT2D eigenvalue weighted by Crippen LogP contribution is -2.36. The van der Waals surface area contributed by atoms with Crippen molar-refractivity contribution in [3.05, 3.63) is 21.7 Å². The standard InChI is InChI=1S/C18H23NO10/c1-5-26-17(20)13(18(21)27-6-2)11(8-19(22)23)10-7-12(24-3)15-16(14(10)25-4)29-9-28-15/h7,11,13H,5-6,8-9H2,1-4H3/t11-/m0/s1. The predicted molar refractivity (Wildman–Crippen MR) is 97.0 cm³/mol. The summed E-state index contributed by atoms with van der Waals surface area (Å²) in [4.78, 5) is 35.9. The number of methoxy groups -OCH3 is 2. The first-order valence-electron chi connectivity index (χ1n) is 8.88. The fraction of sp³-hybridized carbons (Fsp3) is 0.556. The highest BCUT2D eigenvalue weighted by molar-refractivity contribution is 5.96. The summed E-state index contributed by atoms with van der Waals surface area (Å²) >= 11 is 0. The third-order valence-electron chi connectivity index (χ3n) is 4.24. The van der Waals surface area contributed by atoms with E-state index in [-0.39, 0.29) is 48.6 Å². The Morgan fingerprint density at radius 3 is 2.17 bits per heavy atom. The van der Waals surface area contributed by atoms with Crippen LogP contribution in [0, 0.1) is 16.0 Å². The molecule has 11 heteroatoms. The summed E-state index contributed by atoms with van der Waals surface area (Å²) in [6, 6.07) is 1.42. The Morgan fingerprint density at radius 1 is 1.10 bits per heavy atom. The molecule has 1 aliphatic rings. The second-order valence-electron chi connectivity index (χ2n) is 5.87. The van der Waals surface area contributed by atoms with Crippen LogP contribution in [-0.4, -0.2) is 57.6 Å². The normalized spacial score (nSPS) is 13.0. The number of hydrogen-bond donors (Lipinski definition) is 0. The van der Waals surface area contributed by atoms with Gasteiger partial charge in [-0.3, -0.25) is 19.7 Å². The van der Waals surface area contributed by atoms with Crippen molar-refractivity contribution in [2.45, 2.75) is 19.8 Å². The van der Waals surface area contributed by atoms with Gasteiger partial charge in [-0.05, 0) is 19.9 Å². The fourth-order valence-electron chi connectivity index (χ4n) is 3.10. The van der Waals surface area contributed by atoms with E-state index in [1.54, 1.807) is 13.8 Å². The summed E-state index contributed by atoms with van der Waals surface area (Å²) in [7, 11) is 2.71. The molecule has 1 aliphatic heterocycles. The molecule has 0 saturated heterocycles. The Kier molecular flexibility index (Phi) is 7.46. The average Bonchev–Trinajstić information content (AvgIpc) is 3.16. The molecular formula is C18H23NO10. The van der Waals surface area contributed by atoms with E-state index in [2.05, 4.69) is 0 Å². The van der Waals surface area contributed by atoms with Gasteiger partial charge in [0.2, 0.25) is 24.8 Å². The van der Waals surface area contributed by atoms with Crippen molar-refractivity contribution >= 4 is 11.9 Å². The van der Waals surface area contributed by atoms with E-state index in [9.17, 15) is 19.7 Å². The lowest BCUT2D eigenvalue weighted by atomic mass is 9.84. The lowest BCUT2D eigenvalue weighted by molar-refractivity contribution is -0.484. The summed E-state index contributed by atoms with van der Waals surface area (Å²) in [6.07, 6.45) is 0. The van der Waals surface area contributed by atoms with Crippen molar-refractivity contribution in [2.75, 3.05) is 40.8 Å². The number of esters is 2. The minimum atomic E-state index is -1.58. The Labute approximate surface area is 166 Å². The predicted octanol–water partition coefficient (Wildman–Crippen LogP) is 1.54. The molecule has 0 fully saturated rings. The molecule has 1 heterocycles. The summed E-state index contributed by atoms with van der Waals surface area (Å²) in [6.45, 7) is 2.23. The van der Waals surface area contributed by atoms with E-state index in [1.807, 2.05) is 0 Å². The summed E-state index contributed by atoms with van der Waals surface area (Å²) in [5.41, 5.74) is 0.163. The minimum absolute atomic E-state index is 0.0124. The molecule has 0 radical (unpaired) electrons. The molecule has 11 nitrogen and oxygen atoms in total. The quantitative estimate of drug-likeness (QED) is 0.241. The largest absolute Gasteiger partial charge is 0.493 e. The highest BCUT2D eigenvalue weighted by Gasteiger charge is 2.44. The average molecular weight is 413 g/mol. The Morgan fingerprint density at radius 2 is 1.69 bits per heavy atom. The van der Waals surface area contributed by atoms with Crippen LogP contribution < -0.4 is 18.9 Å². The van der Waals surface area contributed by atoms with Crippen LogP contribution in [0.2, 0.25) is 0 Å². The van der Waals surface area contributed by atoms with Gasteiger partial charge in [0.25, 0.3) is 0 Å². The van der Waals surface area contributed by atoms with Crippen LogP contribution in [-0.2, 0) is 19.1 Å². The van der Waals surface area contributed by atoms with Crippen LogP contribution in [0.1, 0.15) is 25.3 Å². The first-order chi connectivity index (χ1) is 13.9. The van der Waals surface area contributed by atoms with Gasteiger partial charge in [-0.25, -0.2) is 0 Å². The smallest absolute Gasteiger partial charge is 0.321 e. The van der Waals surface area contributed by atoms with Gasteiger partial charge >= 0.3 is 11.9 Å². The van der Waals surface area contributed by atoms with Crippen molar-refractivity contribution in [1.82, 2.24) is 0 Å². The van der Waals surface area contributed by atoms with Gasteiger partial charge in [-0.15, -0.1) is 0 Å². The number of fused-ring (bicyclic) bond motifs is 1. The second kappa shape index (κ2) is 9.80.